The predicted octanol–water partition coefficient (Wildman–Crippen LogP) is 2.67. The smallest absolute Gasteiger partial charge is 0.241 e. The Labute approximate surface area is 201 Å². The molecule has 2 aliphatic heterocycles. The third-order valence-corrected chi connectivity index (χ3v) is 7.47. The second-order valence-electron chi connectivity index (χ2n) is 8.96. The number of benzene rings is 2. The summed E-state index contributed by atoms with van der Waals surface area (Å²) < 4.78 is 51.9. The van der Waals surface area contributed by atoms with Crippen molar-refractivity contribution in [3.63, 3.8) is 0 Å². The van der Waals surface area contributed by atoms with Gasteiger partial charge in [0.05, 0.1) is 5.92 Å². The average molecular weight is 500 g/mol. The lowest BCUT2D eigenvalue weighted by atomic mass is 9.96. The van der Waals surface area contributed by atoms with Crippen LogP contribution < -0.4 is 20.7 Å². The fourth-order valence-corrected chi connectivity index (χ4v) is 5.33. The first-order valence-electron chi connectivity index (χ1n) is 11.0. The minimum atomic E-state index is -4.26. The summed E-state index contributed by atoms with van der Waals surface area (Å²) in [5.41, 5.74) is 8.36. The van der Waals surface area contributed by atoms with Gasteiger partial charge in [-0.25, -0.2) is 27.3 Å². The number of rotatable bonds is 4. The van der Waals surface area contributed by atoms with Gasteiger partial charge in [0.15, 0.2) is 0 Å². The van der Waals surface area contributed by atoms with Crippen molar-refractivity contribution in [1.82, 2.24) is 4.98 Å². The molecular weight excluding hydrogens is 476 g/mol. The monoisotopic (exact) mass is 499 g/mol. The molecule has 182 valence electrons. The van der Waals surface area contributed by atoms with Crippen LogP contribution in [0.1, 0.15) is 12.5 Å². The van der Waals surface area contributed by atoms with Gasteiger partial charge < -0.3 is 15.5 Å². The molecule has 0 saturated carbocycles. The van der Waals surface area contributed by atoms with Crippen molar-refractivity contribution in [2.45, 2.75) is 24.3 Å². The standard InChI is InChI=1S/C24H23F2N5O3S/c1-13-6-15-7-20(26)22(35(28,33)34)9-21(15)31(13)24(32)16-11-30(12-16)17-4-2-14(3-5-17)18-10-29-23(27)8-19(18)25/h2-5,7-10,13,16H,6,11-12H2,1H3,(H2,27,29)(H2,28,33,34)/t13-/m0/s1. The number of amides is 1. The molecule has 1 atom stereocenters. The van der Waals surface area contributed by atoms with Crippen molar-refractivity contribution in [3.8, 4) is 11.1 Å². The van der Waals surface area contributed by atoms with E-state index in [1.54, 1.807) is 17.0 Å². The number of carbonyl (C=O) groups is 1. The van der Waals surface area contributed by atoms with Gasteiger partial charge in [-0.3, -0.25) is 4.79 Å². The zero-order valence-electron chi connectivity index (χ0n) is 18.8. The maximum absolute atomic E-state index is 14.2. The lowest BCUT2D eigenvalue weighted by Crippen LogP contribution is -2.55. The van der Waals surface area contributed by atoms with E-state index in [0.717, 1.165) is 17.8 Å². The molecule has 0 bridgehead atoms. The normalized spacial score (nSPS) is 17.9. The van der Waals surface area contributed by atoms with Crippen LogP contribution in [0.4, 0.5) is 26.0 Å². The van der Waals surface area contributed by atoms with Gasteiger partial charge in [0, 0.05) is 48.3 Å². The van der Waals surface area contributed by atoms with E-state index >= 15 is 0 Å². The van der Waals surface area contributed by atoms with E-state index in [-0.39, 0.29) is 23.7 Å². The molecule has 5 rings (SSSR count). The third-order valence-electron chi connectivity index (χ3n) is 6.54. The number of anilines is 3. The van der Waals surface area contributed by atoms with Gasteiger partial charge in [0.25, 0.3) is 0 Å². The first-order chi connectivity index (χ1) is 16.5. The number of nitrogens with zero attached hydrogens (tertiary/aromatic N) is 3. The van der Waals surface area contributed by atoms with Crippen LogP contribution in [0, 0.1) is 17.6 Å². The van der Waals surface area contributed by atoms with Crippen molar-refractivity contribution >= 4 is 33.1 Å². The van der Waals surface area contributed by atoms with E-state index < -0.39 is 26.6 Å². The summed E-state index contributed by atoms with van der Waals surface area (Å²) in [4.78, 5) is 20.2. The molecule has 0 aliphatic carbocycles. The molecule has 2 aromatic carbocycles. The van der Waals surface area contributed by atoms with Gasteiger partial charge in [0.2, 0.25) is 15.9 Å². The number of sulfonamides is 1. The Morgan fingerprint density at radius 1 is 1.09 bits per heavy atom. The number of fused-ring (bicyclic) bond motifs is 1. The van der Waals surface area contributed by atoms with Gasteiger partial charge in [-0.15, -0.1) is 0 Å². The lowest BCUT2D eigenvalue weighted by Gasteiger charge is -2.42. The van der Waals surface area contributed by atoms with Gasteiger partial charge in [-0.1, -0.05) is 12.1 Å². The van der Waals surface area contributed by atoms with Crippen LogP contribution in [-0.2, 0) is 21.2 Å². The SMILES string of the molecule is C[C@H]1Cc2cc(F)c(S(N)(=O)=O)cc2N1C(=O)C1CN(c2ccc(-c3cnc(N)cc3F)cc2)C1. The number of pyridine rings is 1. The summed E-state index contributed by atoms with van der Waals surface area (Å²) in [5.74, 6) is -1.71. The van der Waals surface area contributed by atoms with Gasteiger partial charge >= 0.3 is 0 Å². The summed E-state index contributed by atoms with van der Waals surface area (Å²) in [7, 11) is -4.26. The highest BCUT2D eigenvalue weighted by Gasteiger charge is 2.41. The number of aromatic nitrogens is 1. The maximum Gasteiger partial charge on any atom is 0.241 e. The topological polar surface area (TPSA) is 123 Å². The van der Waals surface area contributed by atoms with Gasteiger partial charge in [0.1, 0.15) is 22.3 Å². The van der Waals surface area contributed by atoms with Crippen molar-refractivity contribution in [2.75, 3.05) is 28.6 Å². The number of nitrogen functional groups attached to an aromatic ring is 1. The second-order valence-corrected chi connectivity index (χ2v) is 10.5. The zero-order valence-corrected chi connectivity index (χ0v) is 19.6. The summed E-state index contributed by atoms with van der Waals surface area (Å²) in [6.45, 7) is 2.78. The molecule has 1 aromatic heterocycles. The minimum Gasteiger partial charge on any atom is -0.384 e. The number of nitrogens with two attached hydrogens (primary N) is 2. The molecule has 3 heterocycles. The number of hydrogen-bond donors (Lipinski definition) is 2. The number of primary sulfonamides is 1. The highest BCUT2D eigenvalue weighted by molar-refractivity contribution is 7.89. The van der Waals surface area contributed by atoms with Crippen LogP contribution >= 0.6 is 0 Å². The molecule has 1 saturated heterocycles. The molecule has 35 heavy (non-hydrogen) atoms. The van der Waals surface area contributed by atoms with E-state index in [1.165, 1.54) is 12.3 Å². The number of carbonyl (C=O) groups excluding carboxylic acids is 1. The van der Waals surface area contributed by atoms with Gasteiger partial charge in [-0.2, -0.15) is 0 Å². The lowest BCUT2D eigenvalue weighted by molar-refractivity contribution is -0.123. The van der Waals surface area contributed by atoms with Crippen LogP contribution in [0.15, 0.2) is 53.6 Å². The van der Waals surface area contributed by atoms with E-state index in [2.05, 4.69) is 4.98 Å². The highest BCUT2D eigenvalue weighted by Crippen LogP contribution is 2.38. The molecule has 0 spiro atoms. The van der Waals surface area contributed by atoms with E-state index in [9.17, 15) is 22.0 Å². The fourth-order valence-electron chi connectivity index (χ4n) is 4.72. The minimum absolute atomic E-state index is 0.111. The first kappa shape index (κ1) is 23.2. The van der Waals surface area contributed by atoms with Crippen LogP contribution in [0.25, 0.3) is 11.1 Å². The fraction of sp³-hybridized carbons (Fsp3) is 0.250. The van der Waals surface area contributed by atoms with Crippen molar-refractivity contribution in [3.05, 3.63) is 65.9 Å². The molecule has 4 N–H and O–H groups in total. The zero-order chi connectivity index (χ0) is 25.1. The largest absolute Gasteiger partial charge is 0.384 e. The maximum atomic E-state index is 14.2. The molecule has 1 amide bonds. The Kier molecular flexibility index (Phi) is 5.48. The highest BCUT2D eigenvalue weighted by atomic mass is 32.2. The Morgan fingerprint density at radius 2 is 1.77 bits per heavy atom. The van der Waals surface area contributed by atoms with Crippen molar-refractivity contribution in [2.24, 2.45) is 11.1 Å². The predicted molar refractivity (Wildman–Crippen MR) is 128 cm³/mol. The Balaban J connectivity index is 1.30. The molecule has 8 nitrogen and oxygen atoms in total. The van der Waals surface area contributed by atoms with E-state index in [4.69, 9.17) is 10.9 Å². The van der Waals surface area contributed by atoms with Crippen LogP contribution in [0.3, 0.4) is 0 Å². The van der Waals surface area contributed by atoms with E-state index in [0.29, 0.717) is 41.9 Å². The number of hydrogen-bond acceptors (Lipinski definition) is 6. The molecule has 1 fully saturated rings. The summed E-state index contributed by atoms with van der Waals surface area (Å²) in [6, 6.07) is 10.5. The van der Waals surface area contributed by atoms with Gasteiger partial charge in [-0.05, 0) is 48.7 Å². The molecule has 0 unspecified atom stereocenters. The number of halogens is 2. The van der Waals surface area contributed by atoms with Crippen LogP contribution in [0.2, 0.25) is 0 Å². The van der Waals surface area contributed by atoms with Crippen LogP contribution in [-0.4, -0.2) is 38.4 Å². The average Bonchev–Trinajstić information content (AvgIpc) is 3.06. The van der Waals surface area contributed by atoms with E-state index in [1.807, 2.05) is 24.0 Å². The van der Waals surface area contributed by atoms with Crippen molar-refractivity contribution < 1.29 is 22.0 Å². The summed E-state index contributed by atoms with van der Waals surface area (Å²) in [6.07, 6.45) is 1.82. The molecule has 11 heteroatoms. The molecule has 0 radical (unpaired) electrons. The molecular formula is C24H23F2N5O3S. The Bertz CT molecular complexity index is 1440. The Morgan fingerprint density at radius 3 is 2.40 bits per heavy atom. The molecule has 2 aliphatic rings. The van der Waals surface area contributed by atoms with Crippen molar-refractivity contribution in [1.29, 1.82) is 0 Å². The summed E-state index contributed by atoms with van der Waals surface area (Å²) >= 11 is 0. The quantitative estimate of drug-likeness (QED) is 0.569. The molecule has 3 aromatic rings. The Hall–Kier alpha value is -3.57. The second kappa shape index (κ2) is 8.28. The first-order valence-corrected chi connectivity index (χ1v) is 12.5. The third kappa shape index (κ3) is 4.10. The van der Waals surface area contributed by atoms with Crippen LogP contribution in [0.5, 0.6) is 0 Å². The summed E-state index contributed by atoms with van der Waals surface area (Å²) in [5, 5.41) is 5.14.